The summed E-state index contributed by atoms with van der Waals surface area (Å²) in [5, 5.41) is 3.00. The summed E-state index contributed by atoms with van der Waals surface area (Å²) in [7, 11) is 0. The first-order valence-electron chi connectivity index (χ1n) is 9.37. The highest BCUT2D eigenvalue weighted by molar-refractivity contribution is 7.99. The Morgan fingerprint density at radius 2 is 2.04 bits per heavy atom. The molecule has 4 rings (SSSR count). The molecular weight excluding hydrogens is 350 g/mol. The highest BCUT2D eigenvalue weighted by atomic mass is 32.2. The number of likely N-dealkylation sites (tertiary alicyclic amines) is 1. The number of rotatable bonds is 5. The van der Waals surface area contributed by atoms with Crippen molar-refractivity contribution in [3.8, 4) is 0 Å². The second-order valence-corrected chi connectivity index (χ2v) is 8.37. The number of oxazole rings is 1. The van der Waals surface area contributed by atoms with Gasteiger partial charge in [0.1, 0.15) is 6.54 Å². The molecule has 6 nitrogen and oxygen atoms in total. The standard InChI is InChI=1S/C19H25N3O3S/c23-18(12-22-16-3-1-2-4-17(16)25-19(22)24)20-11-14-5-8-21(9-6-14)15-7-10-26-13-15/h1-4,14-15H,5-13H2,(H,20,23)/t15-/m1/s1. The molecule has 0 saturated carbocycles. The SMILES string of the molecule is O=C(Cn1c(=O)oc2ccccc21)NCC1CCN([C@@H]2CCSC2)CC1. The van der Waals surface area contributed by atoms with Gasteiger partial charge in [0.2, 0.25) is 5.91 Å². The molecule has 1 amide bonds. The molecule has 1 aromatic carbocycles. The lowest BCUT2D eigenvalue weighted by atomic mass is 9.95. The van der Waals surface area contributed by atoms with Crippen molar-refractivity contribution in [2.75, 3.05) is 31.1 Å². The predicted molar refractivity (Wildman–Crippen MR) is 104 cm³/mol. The van der Waals surface area contributed by atoms with Gasteiger partial charge in [0, 0.05) is 18.3 Å². The molecule has 1 N–H and O–H groups in total. The van der Waals surface area contributed by atoms with Crippen molar-refractivity contribution < 1.29 is 9.21 Å². The van der Waals surface area contributed by atoms with E-state index in [-0.39, 0.29) is 12.5 Å². The van der Waals surface area contributed by atoms with Crippen LogP contribution in [0.4, 0.5) is 0 Å². The summed E-state index contributed by atoms with van der Waals surface area (Å²) in [4.78, 5) is 26.9. The minimum Gasteiger partial charge on any atom is -0.408 e. The van der Waals surface area contributed by atoms with Crippen molar-refractivity contribution in [1.29, 1.82) is 0 Å². The van der Waals surface area contributed by atoms with Crippen LogP contribution in [0.1, 0.15) is 19.3 Å². The van der Waals surface area contributed by atoms with Gasteiger partial charge >= 0.3 is 5.76 Å². The number of carbonyl (C=O) groups excluding carboxylic acids is 1. The molecule has 2 fully saturated rings. The third-order valence-corrected chi connectivity index (χ3v) is 6.68. The fourth-order valence-corrected chi connectivity index (χ4v) is 5.21. The summed E-state index contributed by atoms with van der Waals surface area (Å²) in [6, 6.07) is 7.94. The number of aromatic nitrogens is 1. The van der Waals surface area contributed by atoms with E-state index in [2.05, 4.69) is 22.0 Å². The van der Waals surface area contributed by atoms with Gasteiger partial charge in [0.25, 0.3) is 0 Å². The summed E-state index contributed by atoms with van der Waals surface area (Å²) in [5.74, 6) is 2.48. The van der Waals surface area contributed by atoms with E-state index in [1.807, 2.05) is 12.1 Å². The molecule has 1 aromatic heterocycles. The molecule has 7 heteroatoms. The van der Waals surface area contributed by atoms with Crippen LogP contribution in [0.2, 0.25) is 0 Å². The maximum atomic E-state index is 12.3. The maximum Gasteiger partial charge on any atom is 0.420 e. The minimum atomic E-state index is -0.482. The van der Waals surface area contributed by atoms with Crippen LogP contribution in [-0.2, 0) is 11.3 Å². The molecule has 3 heterocycles. The summed E-state index contributed by atoms with van der Waals surface area (Å²) < 4.78 is 6.57. The Hall–Kier alpha value is -1.73. The molecule has 26 heavy (non-hydrogen) atoms. The normalized spacial score (nSPS) is 22.1. The van der Waals surface area contributed by atoms with E-state index in [0.29, 0.717) is 23.6 Å². The number of benzene rings is 1. The quantitative estimate of drug-likeness (QED) is 0.865. The van der Waals surface area contributed by atoms with Crippen LogP contribution in [0, 0.1) is 5.92 Å². The van der Waals surface area contributed by atoms with Gasteiger partial charge in [-0.25, -0.2) is 4.79 Å². The van der Waals surface area contributed by atoms with E-state index in [4.69, 9.17) is 4.42 Å². The highest BCUT2D eigenvalue weighted by Gasteiger charge is 2.27. The Balaban J connectivity index is 1.27. The van der Waals surface area contributed by atoms with Crippen LogP contribution in [0.15, 0.2) is 33.5 Å². The third-order valence-electron chi connectivity index (χ3n) is 5.53. The van der Waals surface area contributed by atoms with Gasteiger partial charge in [-0.2, -0.15) is 11.8 Å². The topological polar surface area (TPSA) is 67.5 Å². The van der Waals surface area contributed by atoms with E-state index in [1.165, 1.54) is 22.5 Å². The van der Waals surface area contributed by atoms with Gasteiger partial charge in [-0.1, -0.05) is 12.1 Å². The zero-order valence-corrected chi connectivity index (χ0v) is 15.7. The third kappa shape index (κ3) is 3.83. The van der Waals surface area contributed by atoms with Crippen molar-refractivity contribution in [2.45, 2.75) is 31.8 Å². The van der Waals surface area contributed by atoms with E-state index in [1.54, 1.807) is 12.1 Å². The number of piperidine rings is 1. The molecule has 2 aliphatic heterocycles. The maximum absolute atomic E-state index is 12.3. The Morgan fingerprint density at radius 1 is 1.23 bits per heavy atom. The zero-order chi connectivity index (χ0) is 17.9. The Morgan fingerprint density at radius 3 is 2.81 bits per heavy atom. The number of nitrogens with zero attached hydrogens (tertiary/aromatic N) is 2. The molecule has 0 spiro atoms. The molecule has 0 unspecified atom stereocenters. The summed E-state index contributed by atoms with van der Waals surface area (Å²) >= 11 is 2.06. The van der Waals surface area contributed by atoms with Crippen LogP contribution < -0.4 is 11.1 Å². The monoisotopic (exact) mass is 375 g/mol. The Bertz CT molecular complexity index is 817. The van der Waals surface area contributed by atoms with E-state index in [9.17, 15) is 9.59 Å². The van der Waals surface area contributed by atoms with E-state index < -0.39 is 5.76 Å². The summed E-state index contributed by atoms with van der Waals surface area (Å²) in [6.07, 6.45) is 3.59. The number of amides is 1. The number of para-hydroxylation sites is 2. The highest BCUT2D eigenvalue weighted by Crippen LogP contribution is 2.26. The van der Waals surface area contributed by atoms with E-state index in [0.717, 1.165) is 32.0 Å². The fourth-order valence-electron chi connectivity index (χ4n) is 3.95. The number of thioether (sulfide) groups is 1. The fraction of sp³-hybridized carbons (Fsp3) is 0.579. The van der Waals surface area contributed by atoms with Crippen LogP contribution >= 0.6 is 11.8 Å². The molecule has 0 aliphatic carbocycles. The lowest BCUT2D eigenvalue weighted by molar-refractivity contribution is -0.122. The molecule has 2 aliphatic rings. The van der Waals surface area contributed by atoms with Gasteiger partial charge < -0.3 is 9.73 Å². The van der Waals surface area contributed by atoms with Crippen LogP contribution in [0.3, 0.4) is 0 Å². The zero-order valence-electron chi connectivity index (χ0n) is 14.9. The number of nitrogens with one attached hydrogen (secondary N) is 1. The van der Waals surface area contributed by atoms with Crippen LogP contribution in [-0.4, -0.2) is 52.6 Å². The Labute approximate surface area is 156 Å². The average Bonchev–Trinajstić information content (AvgIpc) is 3.29. The molecule has 0 radical (unpaired) electrons. The lowest BCUT2D eigenvalue weighted by Gasteiger charge is -2.35. The van der Waals surface area contributed by atoms with Gasteiger partial charge in [-0.05, 0) is 56.2 Å². The van der Waals surface area contributed by atoms with Crippen molar-refractivity contribution in [2.24, 2.45) is 5.92 Å². The second kappa shape index (κ2) is 7.88. The smallest absolute Gasteiger partial charge is 0.408 e. The van der Waals surface area contributed by atoms with Crippen molar-refractivity contribution in [1.82, 2.24) is 14.8 Å². The summed E-state index contributed by atoms with van der Waals surface area (Å²) in [5.41, 5.74) is 1.18. The largest absolute Gasteiger partial charge is 0.420 e. The van der Waals surface area contributed by atoms with Gasteiger partial charge in [0.05, 0.1) is 5.52 Å². The molecule has 140 valence electrons. The number of fused-ring (bicyclic) bond motifs is 1. The van der Waals surface area contributed by atoms with Crippen molar-refractivity contribution in [3.05, 3.63) is 34.8 Å². The molecule has 2 aromatic rings. The van der Waals surface area contributed by atoms with E-state index >= 15 is 0 Å². The van der Waals surface area contributed by atoms with Gasteiger partial charge in [-0.15, -0.1) is 0 Å². The van der Waals surface area contributed by atoms with Crippen LogP contribution in [0.25, 0.3) is 11.1 Å². The molecule has 1 atom stereocenters. The minimum absolute atomic E-state index is 0.00793. The van der Waals surface area contributed by atoms with Gasteiger partial charge in [0.15, 0.2) is 5.58 Å². The number of hydrogen-bond acceptors (Lipinski definition) is 5. The second-order valence-electron chi connectivity index (χ2n) is 7.22. The molecular formula is C19H25N3O3S. The average molecular weight is 375 g/mol. The summed E-state index contributed by atoms with van der Waals surface area (Å²) in [6.45, 7) is 2.97. The first-order valence-corrected chi connectivity index (χ1v) is 10.5. The number of carbonyl (C=O) groups is 1. The molecule has 0 bridgehead atoms. The number of hydrogen-bond donors (Lipinski definition) is 1. The van der Waals surface area contributed by atoms with Crippen molar-refractivity contribution in [3.63, 3.8) is 0 Å². The lowest BCUT2D eigenvalue weighted by Crippen LogP contribution is -2.44. The first-order chi connectivity index (χ1) is 12.7. The van der Waals surface area contributed by atoms with Crippen LogP contribution in [0.5, 0.6) is 0 Å². The van der Waals surface area contributed by atoms with Crippen molar-refractivity contribution >= 4 is 28.8 Å². The van der Waals surface area contributed by atoms with Gasteiger partial charge in [-0.3, -0.25) is 14.3 Å². The predicted octanol–water partition coefficient (Wildman–Crippen LogP) is 1.93. The first kappa shape index (κ1) is 17.7. The Kier molecular flexibility index (Phi) is 5.36. The molecule has 2 saturated heterocycles.